The number of carboxylic acids is 2. The molecule has 12 nitrogen and oxygen atoms in total. The van der Waals surface area contributed by atoms with E-state index >= 15 is 0 Å². The second-order valence-corrected chi connectivity index (χ2v) is 8.66. The van der Waals surface area contributed by atoms with Crippen LogP contribution in [0.1, 0.15) is 38.5 Å². The molecule has 0 saturated carbocycles. The second-order valence-electron chi connectivity index (χ2n) is 7.31. The zero-order valence-electron chi connectivity index (χ0n) is 18.6. The van der Waals surface area contributed by atoms with E-state index in [4.69, 9.17) is 16.6 Å². The Kier molecular flexibility index (Phi) is 16.4. The van der Waals surface area contributed by atoms with Crippen LogP contribution in [-0.2, 0) is 24.0 Å². The van der Waals surface area contributed by atoms with E-state index in [0.717, 1.165) is 0 Å². The topological polar surface area (TPSA) is 214 Å². The van der Waals surface area contributed by atoms with Crippen molar-refractivity contribution < 1.29 is 34.2 Å². The van der Waals surface area contributed by atoms with Crippen LogP contribution in [0.2, 0.25) is 0 Å². The number of nitrogens with one attached hydrogen (secondary N) is 3. The molecule has 0 aliphatic rings. The summed E-state index contributed by atoms with van der Waals surface area (Å²) in [6.07, 6.45) is 2.93. The number of carbonyl (C=O) groups is 5. The number of hydrogen-bond donors (Lipinski definition) is 8. The SMILES string of the molecule is CSCCC(NC(=O)C(CS)NC(=O)C(CCCCN)NC(=O)C(N)CCC(=O)O)C(=O)O. The molecule has 0 bridgehead atoms. The summed E-state index contributed by atoms with van der Waals surface area (Å²) in [5, 5.41) is 25.4. The Morgan fingerprint density at radius 1 is 0.879 bits per heavy atom. The van der Waals surface area contributed by atoms with Crippen molar-refractivity contribution in [2.45, 2.75) is 62.7 Å². The molecule has 4 unspecified atom stereocenters. The molecule has 0 aliphatic heterocycles. The number of aliphatic carboxylic acids is 2. The molecule has 3 amide bonds. The summed E-state index contributed by atoms with van der Waals surface area (Å²) >= 11 is 5.51. The van der Waals surface area contributed by atoms with Crippen LogP contribution >= 0.6 is 24.4 Å². The van der Waals surface area contributed by atoms with Crippen molar-refractivity contribution in [1.82, 2.24) is 16.0 Å². The molecule has 0 aromatic rings. The van der Waals surface area contributed by atoms with Gasteiger partial charge in [0.1, 0.15) is 18.1 Å². The lowest BCUT2D eigenvalue weighted by atomic mass is 10.1. The van der Waals surface area contributed by atoms with E-state index in [1.54, 1.807) is 0 Å². The van der Waals surface area contributed by atoms with Crippen molar-refractivity contribution in [3.63, 3.8) is 0 Å². The van der Waals surface area contributed by atoms with Crippen LogP contribution in [0.4, 0.5) is 0 Å². The Bertz CT molecular complexity index is 668. The maximum absolute atomic E-state index is 12.8. The highest BCUT2D eigenvalue weighted by Gasteiger charge is 2.29. The zero-order chi connectivity index (χ0) is 25.4. The number of carbonyl (C=O) groups excluding carboxylic acids is 3. The van der Waals surface area contributed by atoms with Crippen LogP contribution in [0.5, 0.6) is 0 Å². The van der Waals surface area contributed by atoms with Crippen molar-refractivity contribution >= 4 is 54.1 Å². The number of hydrogen-bond acceptors (Lipinski definition) is 9. The van der Waals surface area contributed by atoms with Gasteiger partial charge in [0.05, 0.1) is 6.04 Å². The van der Waals surface area contributed by atoms with Gasteiger partial charge in [-0.3, -0.25) is 19.2 Å². The number of thiol groups is 1. The summed E-state index contributed by atoms with van der Waals surface area (Å²) < 4.78 is 0. The van der Waals surface area contributed by atoms with Crippen LogP contribution in [0.3, 0.4) is 0 Å². The molecular formula is C19H35N5O7S2. The first-order valence-electron chi connectivity index (χ1n) is 10.5. The van der Waals surface area contributed by atoms with E-state index in [0.29, 0.717) is 25.1 Å². The normalized spacial score (nSPS) is 14.4. The molecule has 0 saturated heterocycles. The van der Waals surface area contributed by atoms with Crippen molar-refractivity contribution in [2.24, 2.45) is 11.5 Å². The molecule has 0 aromatic heterocycles. The lowest BCUT2D eigenvalue weighted by Crippen LogP contribution is -2.57. The number of nitrogens with two attached hydrogens (primary N) is 2. The number of rotatable bonds is 18. The van der Waals surface area contributed by atoms with Crippen LogP contribution in [0.25, 0.3) is 0 Å². The van der Waals surface area contributed by atoms with Gasteiger partial charge in [-0.05, 0) is 50.7 Å². The van der Waals surface area contributed by atoms with Gasteiger partial charge in [0, 0.05) is 12.2 Å². The van der Waals surface area contributed by atoms with Crippen molar-refractivity contribution in [1.29, 1.82) is 0 Å². The first-order chi connectivity index (χ1) is 15.6. The van der Waals surface area contributed by atoms with E-state index in [2.05, 4.69) is 28.6 Å². The lowest BCUT2D eigenvalue weighted by Gasteiger charge is -2.24. The highest BCUT2D eigenvalue weighted by Crippen LogP contribution is 2.05. The van der Waals surface area contributed by atoms with Gasteiger partial charge >= 0.3 is 11.9 Å². The summed E-state index contributed by atoms with van der Waals surface area (Å²) in [7, 11) is 0. The van der Waals surface area contributed by atoms with Gasteiger partial charge < -0.3 is 37.6 Å². The van der Waals surface area contributed by atoms with Crippen molar-refractivity contribution in [3.05, 3.63) is 0 Å². The van der Waals surface area contributed by atoms with Crippen LogP contribution in [0, 0.1) is 0 Å². The minimum Gasteiger partial charge on any atom is -0.481 e. The summed E-state index contributed by atoms with van der Waals surface area (Å²) in [4.78, 5) is 59.7. The Labute approximate surface area is 202 Å². The third-order valence-electron chi connectivity index (χ3n) is 4.63. The smallest absolute Gasteiger partial charge is 0.326 e. The molecule has 9 N–H and O–H groups in total. The van der Waals surface area contributed by atoms with Crippen LogP contribution in [-0.4, -0.2) is 88.3 Å². The van der Waals surface area contributed by atoms with Gasteiger partial charge in [-0.15, -0.1) is 0 Å². The predicted octanol–water partition coefficient (Wildman–Crippen LogP) is -1.47. The molecule has 4 atom stereocenters. The quantitative estimate of drug-likeness (QED) is 0.0793. The fourth-order valence-corrected chi connectivity index (χ4v) is 3.41. The summed E-state index contributed by atoms with van der Waals surface area (Å²) in [6, 6.07) is -4.41. The lowest BCUT2D eigenvalue weighted by molar-refractivity contribution is -0.142. The van der Waals surface area contributed by atoms with Crippen molar-refractivity contribution in [3.8, 4) is 0 Å². The maximum Gasteiger partial charge on any atom is 0.326 e. The summed E-state index contributed by atoms with van der Waals surface area (Å²) in [5.74, 6) is -3.95. The highest BCUT2D eigenvalue weighted by molar-refractivity contribution is 7.98. The number of amides is 3. The van der Waals surface area contributed by atoms with E-state index in [1.807, 2.05) is 6.26 Å². The maximum atomic E-state index is 12.8. The molecule has 0 rings (SSSR count). The van der Waals surface area contributed by atoms with Gasteiger partial charge in [0.25, 0.3) is 0 Å². The van der Waals surface area contributed by atoms with Gasteiger partial charge in [-0.25, -0.2) is 4.79 Å². The van der Waals surface area contributed by atoms with Gasteiger partial charge in [0.2, 0.25) is 17.7 Å². The van der Waals surface area contributed by atoms with E-state index < -0.39 is 53.8 Å². The molecule has 0 aromatic carbocycles. The molecule has 0 fully saturated rings. The molecular weight excluding hydrogens is 474 g/mol. The minimum atomic E-state index is -1.19. The molecule has 0 aliphatic carbocycles. The first kappa shape index (κ1) is 31.0. The fourth-order valence-electron chi connectivity index (χ4n) is 2.68. The summed E-state index contributed by atoms with van der Waals surface area (Å²) in [5.41, 5.74) is 11.2. The average Bonchev–Trinajstić information content (AvgIpc) is 2.77. The number of carboxylic acid groups (broad SMARTS) is 2. The van der Waals surface area contributed by atoms with E-state index in [9.17, 15) is 29.1 Å². The third kappa shape index (κ3) is 13.3. The van der Waals surface area contributed by atoms with Gasteiger partial charge in [-0.2, -0.15) is 24.4 Å². The van der Waals surface area contributed by atoms with Crippen LogP contribution < -0.4 is 27.4 Å². The molecule has 0 radical (unpaired) electrons. The summed E-state index contributed by atoms with van der Waals surface area (Å²) in [6.45, 7) is 0.384. The largest absolute Gasteiger partial charge is 0.481 e. The molecule has 14 heteroatoms. The van der Waals surface area contributed by atoms with E-state index in [1.165, 1.54) is 11.8 Å². The molecule has 190 valence electrons. The Morgan fingerprint density at radius 3 is 1.97 bits per heavy atom. The van der Waals surface area contributed by atoms with E-state index in [-0.39, 0.29) is 31.4 Å². The molecule has 0 heterocycles. The van der Waals surface area contributed by atoms with Crippen LogP contribution in [0.15, 0.2) is 0 Å². The second kappa shape index (κ2) is 17.4. The van der Waals surface area contributed by atoms with Gasteiger partial charge in [0.15, 0.2) is 0 Å². The number of unbranched alkanes of at least 4 members (excludes halogenated alkanes) is 1. The highest BCUT2D eigenvalue weighted by atomic mass is 32.2. The minimum absolute atomic E-state index is 0.103. The predicted molar refractivity (Wildman–Crippen MR) is 128 cm³/mol. The fraction of sp³-hybridized carbons (Fsp3) is 0.737. The Morgan fingerprint density at radius 2 is 1.45 bits per heavy atom. The van der Waals surface area contributed by atoms with Crippen molar-refractivity contribution in [2.75, 3.05) is 24.3 Å². The first-order valence-corrected chi connectivity index (χ1v) is 12.5. The Balaban J connectivity index is 5.19. The molecule has 0 spiro atoms. The monoisotopic (exact) mass is 509 g/mol. The molecule has 33 heavy (non-hydrogen) atoms. The zero-order valence-corrected chi connectivity index (χ0v) is 20.3. The average molecular weight is 510 g/mol. The third-order valence-corrected chi connectivity index (χ3v) is 5.64. The van der Waals surface area contributed by atoms with Gasteiger partial charge in [-0.1, -0.05) is 0 Å². The standard InChI is InChI=1S/C19H35N5O7S2/c1-33-9-7-13(19(30)31)23-18(29)14(10-32)24-17(28)12(4-2-3-8-20)22-16(27)11(21)5-6-15(25)26/h11-14,32H,2-10,20-21H2,1H3,(H,22,27)(H,23,29)(H,24,28)(H,25,26)(H,30,31). The number of thioether (sulfide) groups is 1. The Hall–Kier alpha value is -2.03.